The van der Waals surface area contributed by atoms with Gasteiger partial charge in [0.15, 0.2) is 0 Å². The first kappa shape index (κ1) is 13.8. The van der Waals surface area contributed by atoms with Gasteiger partial charge in [-0.15, -0.1) is 0 Å². The molecular weight excluding hydrogens is 288 g/mol. The first-order valence-electron chi connectivity index (χ1n) is 6.81. The van der Waals surface area contributed by atoms with Crippen molar-refractivity contribution in [1.29, 1.82) is 0 Å². The first-order valence-corrected chi connectivity index (χ1v) is 7.19. The first-order chi connectivity index (χ1) is 10.2. The summed E-state index contributed by atoms with van der Waals surface area (Å²) in [4.78, 5) is 21.0. The third-order valence-electron chi connectivity index (χ3n) is 3.61. The van der Waals surface area contributed by atoms with E-state index in [1.54, 1.807) is 41.6 Å². The van der Waals surface area contributed by atoms with E-state index >= 15 is 0 Å². The van der Waals surface area contributed by atoms with Gasteiger partial charge in [-0.25, -0.2) is 9.97 Å². The molecule has 5 nitrogen and oxygen atoms in total. The Morgan fingerprint density at radius 3 is 2.90 bits per heavy atom. The van der Waals surface area contributed by atoms with E-state index in [2.05, 4.69) is 16.9 Å². The van der Waals surface area contributed by atoms with Crippen LogP contribution in [0, 0.1) is 0 Å². The normalized spacial score (nSPS) is 12.7. The topological polar surface area (TPSA) is 52.7 Å². The molecule has 1 atom stereocenters. The number of halogens is 1. The van der Waals surface area contributed by atoms with Crippen LogP contribution < -0.4 is 5.56 Å². The molecular formula is C15H15ClN4O. The van der Waals surface area contributed by atoms with Crippen molar-refractivity contribution in [3.63, 3.8) is 0 Å². The van der Waals surface area contributed by atoms with Gasteiger partial charge < -0.3 is 4.57 Å². The molecule has 6 heteroatoms. The van der Waals surface area contributed by atoms with E-state index in [-0.39, 0.29) is 11.6 Å². The zero-order chi connectivity index (χ0) is 14.8. The van der Waals surface area contributed by atoms with Crippen LogP contribution in [0.4, 0.5) is 0 Å². The second-order valence-electron chi connectivity index (χ2n) is 4.91. The number of rotatable bonds is 4. The summed E-state index contributed by atoms with van der Waals surface area (Å²) < 4.78 is 3.64. The molecule has 0 saturated heterocycles. The van der Waals surface area contributed by atoms with Crippen molar-refractivity contribution < 1.29 is 0 Å². The molecule has 0 fully saturated rings. The predicted molar refractivity (Wildman–Crippen MR) is 82.6 cm³/mol. The Hall–Kier alpha value is -2.14. The number of para-hydroxylation sites is 1. The molecule has 2 heterocycles. The molecule has 0 amide bonds. The lowest BCUT2D eigenvalue weighted by Gasteiger charge is -2.18. The molecule has 108 valence electrons. The Labute approximate surface area is 126 Å². The third kappa shape index (κ3) is 2.56. The van der Waals surface area contributed by atoms with E-state index in [4.69, 9.17) is 11.6 Å². The van der Waals surface area contributed by atoms with Crippen LogP contribution in [0.3, 0.4) is 0 Å². The summed E-state index contributed by atoms with van der Waals surface area (Å²) in [6.45, 7) is 2.74. The number of hydrogen-bond donors (Lipinski definition) is 0. The van der Waals surface area contributed by atoms with E-state index < -0.39 is 0 Å². The van der Waals surface area contributed by atoms with Gasteiger partial charge in [0.25, 0.3) is 5.56 Å². The highest BCUT2D eigenvalue weighted by Crippen LogP contribution is 2.19. The van der Waals surface area contributed by atoms with Crippen molar-refractivity contribution in [2.24, 2.45) is 0 Å². The second kappa shape index (κ2) is 5.69. The van der Waals surface area contributed by atoms with Crippen molar-refractivity contribution in [2.75, 3.05) is 0 Å². The number of nitrogens with zero attached hydrogens (tertiary/aromatic N) is 4. The van der Waals surface area contributed by atoms with Crippen molar-refractivity contribution >= 4 is 22.5 Å². The summed E-state index contributed by atoms with van der Waals surface area (Å²) in [7, 11) is 0. The fraction of sp³-hybridized carbons (Fsp3) is 0.267. The molecule has 0 aliphatic carbocycles. The Morgan fingerprint density at radius 2 is 2.19 bits per heavy atom. The van der Waals surface area contributed by atoms with Gasteiger partial charge in [0.2, 0.25) is 0 Å². The minimum atomic E-state index is -0.0607. The molecule has 0 radical (unpaired) electrons. The molecule has 3 rings (SSSR count). The summed E-state index contributed by atoms with van der Waals surface area (Å²) in [6.07, 6.45) is 7.78. The lowest BCUT2D eigenvalue weighted by Crippen LogP contribution is -2.27. The fourth-order valence-electron chi connectivity index (χ4n) is 2.44. The molecule has 1 aromatic carbocycles. The molecule has 0 aliphatic rings. The Kier molecular flexibility index (Phi) is 3.75. The number of aromatic nitrogens is 4. The van der Waals surface area contributed by atoms with Crippen LogP contribution in [0.1, 0.15) is 19.4 Å². The van der Waals surface area contributed by atoms with Gasteiger partial charge in [0.1, 0.15) is 0 Å². The maximum absolute atomic E-state index is 12.6. The van der Waals surface area contributed by atoms with E-state index in [0.29, 0.717) is 22.5 Å². The van der Waals surface area contributed by atoms with Crippen LogP contribution in [-0.4, -0.2) is 19.1 Å². The average Bonchev–Trinajstić information content (AvgIpc) is 2.99. The number of hydrogen-bond acceptors (Lipinski definition) is 3. The molecule has 0 N–H and O–H groups in total. The SMILES string of the molecule is CCC(Cn1ccnc1)n1cnc2c(Cl)cccc2c1=O. The number of imidazole rings is 1. The van der Waals surface area contributed by atoms with Gasteiger partial charge >= 0.3 is 0 Å². The predicted octanol–water partition coefficient (Wildman–Crippen LogP) is 2.90. The van der Waals surface area contributed by atoms with Gasteiger partial charge in [0, 0.05) is 18.9 Å². The standard InChI is InChI=1S/C15H15ClN4O/c1-2-11(8-19-7-6-17-9-19)20-10-18-14-12(15(20)21)4-3-5-13(14)16/h3-7,9-11H,2,8H2,1H3. The monoisotopic (exact) mass is 302 g/mol. The quantitative estimate of drug-likeness (QED) is 0.744. The smallest absolute Gasteiger partial charge is 0.261 e. The molecule has 0 saturated carbocycles. The molecule has 0 spiro atoms. The minimum absolute atomic E-state index is 0.0302. The maximum atomic E-state index is 12.6. The third-order valence-corrected chi connectivity index (χ3v) is 3.91. The summed E-state index contributed by atoms with van der Waals surface area (Å²) in [5.74, 6) is 0. The molecule has 21 heavy (non-hydrogen) atoms. The number of benzene rings is 1. The van der Waals surface area contributed by atoms with Gasteiger partial charge in [-0.1, -0.05) is 24.6 Å². The highest BCUT2D eigenvalue weighted by atomic mass is 35.5. The summed E-state index contributed by atoms with van der Waals surface area (Å²) in [5, 5.41) is 1.05. The average molecular weight is 303 g/mol. The lowest BCUT2D eigenvalue weighted by atomic mass is 10.2. The molecule has 0 aliphatic heterocycles. The molecule has 1 unspecified atom stereocenters. The van der Waals surface area contributed by atoms with Crippen LogP contribution in [0.2, 0.25) is 5.02 Å². The Morgan fingerprint density at radius 1 is 1.33 bits per heavy atom. The maximum Gasteiger partial charge on any atom is 0.261 e. The van der Waals surface area contributed by atoms with E-state index in [1.165, 1.54) is 0 Å². The lowest BCUT2D eigenvalue weighted by molar-refractivity contribution is 0.406. The summed E-state index contributed by atoms with van der Waals surface area (Å²) in [6, 6.07) is 5.30. The van der Waals surface area contributed by atoms with Gasteiger partial charge in [-0.05, 0) is 18.6 Å². The highest BCUT2D eigenvalue weighted by molar-refractivity contribution is 6.34. The van der Waals surface area contributed by atoms with E-state index in [9.17, 15) is 4.79 Å². The fourth-order valence-corrected chi connectivity index (χ4v) is 2.67. The minimum Gasteiger partial charge on any atom is -0.335 e. The van der Waals surface area contributed by atoms with Crippen molar-refractivity contribution in [3.8, 4) is 0 Å². The second-order valence-corrected chi connectivity index (χ2v) is 5.32. The summed E-state index contributed by atoms with van der Waals surface area (Å²) in [5.41, 5.74) is 0.493. The van der Waals surface area contributed by atoms with E-state index in [0.717, 1.165) is 6.42 Å². The van der Waals surface area contributed by atoms with E-state index in [1.807, 2.05) is 10.8 Å². The summed E-state index contributed by atoms with van der Waals surface area (Å²) >= 11 is 6.09. The van der Waals surface area contributed by atoms with Crippen LogP contribution >= 0.6 is 11.6 Å². The largest absolute Gasteiger partial charge is 0.335 e. The van der Waals surface area contributed by atoms with Gasteiger partial charge in [-0.2, -0.15) is 0 Å². The van der Waals surface area contributed by atoms with Crippen molar-refractivity contribution in [3.05, 3.63) is 58.6 Å². The molecule has 3 aromatic rings. The van der Waals surface area contributed by atoms with Gasteiger partial charge in [-0.3, -0.25) is 9.36 Å². The number of fused-ring (bicyclic) bond motifs is 1. The van der Waals surface area contributed by atoms with Crippen molar-refractivity contribution in [1.82, 2.24) is 19.1 Å². The van der Waals surface area contributed by atoms with Crippen LogP contribution in [-0.2, 0) is 6.54 Å². The van der Waals surface area contributed by atoms with Crippen LogP contribution in [0.5, 0.6) is 0 Å². The Bertz CT molecular complexity index is 810. The molecule has 0 bridgehead atoms. The van der Waals surface area contributed by atoms with Crippen molar-refractivity contribution in [2.45, 2.75) is 25.9 Å². The van der Waals surface area contributed by atoms with Gasteiger partial charge in [0.05, 0.1) is 34.6 Å². The zero-order valence-electron chi connectivity index (χ0n) is 11.6. The van der Waals surface area contributed by atoms with Crippen LogP contribution in [0.25, 0.3) is 10.9 Å². The highest BCUT2D eigenvalue weighted by Gasteiger charge is 2.14. The molecule has 2 aromatic heterocycles. The Balaban J connectivity index is 2.07. The van der Waals surface area contributed by atoms with Crippen LogP contribution in [0.15, 0.2) is 48.0 Å². The zero-order valence-corrected chi connectivity index (χ0v) is 12.4.